The van der Waals surface area contributed by atoms with Gasteiger partial charge < -0.3 is 9.64 Å². The molecule has 2 rings (SSSR count). The zero-order chi connectivity index (χ0) is 15.1. The van der Waals surface area contributed by atoms with Crippen molar-refractivity contribution in [2.45, 2.75) is 57.9 Å². The van der Waals surface area contributed by atoms with Gasteiger partial charge in [-0.25, -0.2) is 0 Å². The van der Waals surface area contributed by atoms with Gasteiger partial charge in [0.15, 0.2) is 0 Å². The average molecular weight is 289 g/mol. The van der Waals surface area contributed by atoms with Crippen LogP contribution in [0.15, 0.2) is 24.3 Å². The molecule has 3 heteroatoms. The normalized spacial score (nSPS) is 16.3. The second-order valence-corrected chi connectivity index (χ2v) is 5.94. The summed E-state index contributed by atoms with van der Waals surface area (Å²) in [6.07, 6.45) is 8.32. The Kier molecular flexibility index (Phi) is 6.09. The maximum absolute atomic E-state index is 12.7. The first-order valence-corrected chi connectivity index (χ1v) is 8.22. The lowest BCUT2D eigenvalue weighted by Crippen LogP contribution is -2.36. The van der Waals surface area contributed by atoms with Crippen molar-refractivity contribution >= 4 is 5.91 Å². The van der Waals surface area contributed by atoms with Gasteiger partial charge in [-0.2, -0.15) is 0 Å². The summed E-state index contributed by atoms with van der Waals surface area (Å²) in [6.45, 7) is 2.77. The third-order valence-electron chi connectivity index (χ3n) is 4.25. The molecule has 0 saturated heterocycles. The topological polar surface area (TPSA) is 29.5 Å². The van der Waals surface area contributed by atoms with Gasteiger partial charge in [0.05, 0.1) is 6.61 Å². The maximum atomic E-state index is 12.7. The molecule has 0 unspecified atom stereocenters. The number of carbonyl (C=O) groups excluding carboxylic acids is 1. The Bertz CT molecular complexity index is 450. The van der Waals surface area contributed by atoms with Gasteiger partial charge in [-0.05, 0) is 37.5 Å². The van der Waals surface area contributed by atoms with E-state index in [2.05, 4.69) is 6.92 Å². The summed E-state index contributed by atoms with van der Waals surface area (Å²) in [5.74, 6) is 0.904. The lowest BCUT2D eigenvalue weighted by atomic mass is 10.1. The van der Waals surface area contributed by atoms with Crippen LogP contribution in [0.2, 0.25) is 0 Å². The van der Waals surface area contributed by atoms with E-state index >= 15 is 0 Å². The molecule has 0 N–H and O–H groups in total. The van der Waals surface area contributed by atoms with E-state index in [9.17, 15) is 4.79 Å². The largest absolute Gasteiger partial charge is 0.494 e. The van der Waals surface area contributed by atoms with Crippen molar-refractivity contribution in [2.75, 3.05) is 13.7 Å². The molecule has 0 spiro atoms. The van der Waals surface area contributed by atoms with E-state index in [-0.39, 0.29) is 5.91 Å². The molecule has 3 nitrogen and oxygen atoms in total. The first-order chi connectivity index (χ1) is 10.2. The lowest BCUT2D eigenvalue weighted by molar-refractivity contribution is 0.0717. The molecule has 1 amide bonds. The number of hydrogen-bond acceptors (Lipinski definition) is 2. The fourth-order valence-corrected chi connectivity index (χ4v) is 2.95. The first-order valence-electron chi connectivity index (χ1n) is 8.22. The SMILES string of the molecule is CCCOc1cccc(C(=O)N(C)C2CCCCCC2)c1. The van der Waals surface area contributed by atoms with Gasteiger partial charge in [0.2, 0.25) is 0 Å². The van der Waals surface area contributed by atoms with Gasteiger partial charge in [0.25, 0.3) is 5.91 Å². The number of rotatable bonds is 5. The van der Waals surface area contributed by atoms with E-state index in [0.29, 0.717) is 12.6 Å². The summed E-state index contributed by atoms with van der Waals surface area (Å²) < 4.78 is 5.62. The van der Waals surface area contributed by atoms with Crippen molar-refractivity contribution in [1.82, 2.24) is 4.90 Å². The number of amides is 1. The predicted octanol–water partition coefficient (Wildman–Crippen LogP) is 4.27. The molecule has 1 saturated carbocycles. The highest BCUT2D eigenvalue weighted by atomic mass is 16.5. The van der Waals surface area contributed by atoms with Crippen LogP contribution >= 0.6 is 0 Å². The van der Waals surface area contributed by atoms with E-state index < -0.39 is 0 Å². The van der Waals surface area contributed by atoms with Crippen molar-refractivity contribution in [3.05, 3.63) is 29.8 Å². The minimum absolute atomic E-state index is 0.115. The standard InChI is InChI=1S/C18H27NO2/c1-3-13-21-17-12-8-9-15(14-17)18(20)19(2)16-10-6-4-5-7-11-16/h8-9,12,14,16H,3-7,10-11,13H2,1-2H3. The van der Waals surface area contributed by atoms with Crippen LogP contribution in [0.3, 0.4) is 0 Å². The highest BCUT2D eigenvalue weighted by Crippen LogP contribution is 2.23. The molecule has 1 aliphatic carbocycles. The first kappa shape index (κ1) is 15.9. The van der Waals surface area contributed by atoms with E-state index in [4.69, 9.17) is 4.74 Å². The van der Waals surface area contributed by atoms with Crippen LogP contribution in [-0.2, 0) is 0 Å². The summed E-state index contributed by atoms with van der Waals surface area (Å²) in [5, 5.41) is 0. The average Bonchev–Trinajstić information content (AvgIpc) is 2.81. The molecular weight excluding hydrogens is 262 g/mol. The molecule has 1 aromatic rings. The Balaban J connectivity index is 2.03. The highest BCUT2D eigenvalue weighted by molar-refractivity contribution is 5.94. The third-order valence-corrected chi connectivity index (χ3v) is 4.25. The summed E-state index contributed by atoms with van der Waals surface area (Å²) in [5.41, 5.74) is 0.732. The smallest absolute Gasteiger partial charge is 0.253 e. The molecular formula is C18H27NO2. The molecule has 1 aromatic carbocycles. The molecule has 1 aliphatic rings. The van der Waals surface area contributed by atoms with Crippen LogP contribution in [0.4, 0.5) is 0 Å². The number of benzene rings is 1. The molecule has 0 radical (unpaired) electrons. The Labute approximate surface area is 128 Å². The fourth-order valence-electron chi connectivity index (χ4n) is 2.95. The summed E-state index contributed by atoms with van der Waals surface area (Å²) in [6, 6.07) is 7.96. The van der Waals surface area contributed by atoms with Crippen LogP contribution in [-0.4, -0.2) is 30.5 Å². The Morgan fingerprint density at radius 1 is 1.24 bits per heavy atom. The molecule has 0 heterocycles. The van der Waals surface area contributed by atoms with E-state index in [1.165, 1.54) is 25.7 Å². The molecule has 0 aliphatic heterocycles. The molecule has 116 valence electrons. The van der Waals surface area contributed by atoms with Gasteiger partial charge in [0, 0.05) is 18.7 Å². The minimum atomic E-state index is 0.115. The van der Waals surface area contributed by atoms with Gasteiger partial charge in [-0.15, -0.1) is 0 Å². The maximum Gasteiger partial charge on any atom is 0.253 e. The van der Waals surface area contributed by atoms with Gasteiger partial charge in [0.1, 0.15) is 5.75 Å². The van der Waals surface area contributed by atoms with Gasteiger partial charge in [-0.1, -0.05) is 38.7 Å². The molecule has 0 aromatic heterocycles. The second kappa shape index (κ2) is 8.06. The van der Waals surface area contributed by atoms with E-state index in [0.717, 1.165) is 30.6 Å². The van der Waals surface area contributed by atoms with E-state index in [1.54, 1.807) is 0 Å². The Hall–Kier alpha value is -1.51. The zero-order valence-corrected chi connectivity index (χ0v) is 13.3. The fraction of sp³-hybridized carbons (Fsp3) is 0.611. The third kappa shape index (κ3) is 4.48. The second-order valence-electron chi connectivity index (χ2n) is 5.94. The lowest BCUT2D eigenvalue weighted by Gasteiger charge is -2.27. The number of ether oxygens (including phenoxy) is 1. The van der Waals surface area contributed by atoms with Crippen molar-refractivity contribution in [3.8, 4) is 5.75 Å². The van der Waals surface area contributed by atoms with Crippen LogP contribution in [0.1, 0.15) is 62.2 Å². The Morgan fingerprint density at radius 3 is 2.62 bits per heavy atom. The summed E-state index contributed by atoms with van der Waals surface area (Å²) in [7, 11) is 1.94. The molecule has 1 fully saturated rings. The monoisotopic (exact) mass is 289 g/mol. The Morgan fingerprint density at radius 2 is 1.95 bits per heavy atom. The number of nitrogens with zero attached hydrogens (tertiary/aromatic N) is 1. The predicted molar refractivity (Wildman–Crippen MR) is 85.8 cm³/mol. The number of hydrogen-bond donors (Lipinski definition) is 0. The quantitative estimate of drug-likeness (QED) is 0.758. The van der Waals surface area contributed by atoms with Crippen molar-refractivity contribution < 1.29 is 9.53 Å². The molecule has 0 bridgehead atoms. The number of carbonyl (C=O) groups is 1. The van der Waals surface area contributed by atoms with Crippen LogP contribution in [0.5, 0.6) is 5.75 Å². The highest BCUT2D eigenvalue weighted by Gasteiger charge is 2.22. The molecule has 0 atom stereocenters. The zero-order valence-electron chi connectivity index (χ0n) is 13.3. The summed E-state index contributed by atoms with van der Waals surface area (Å²) in [4.78, 5) is 14.6. The van der Waals surface area contributed by atoms with Gasteiger partial charge in [-0.3, -0.25) is 4.79 Å². The summed E-state index contributed by atoms with van der Waals surface area (Å²) >= 11 is 0. The molecule has 21 heavy (non-hydrogen) atoms. The van der Waals surface area contributed by atoms with Crippen LogP contribution in [0, 0.1) is 0 Å². The van der Waals surface area contributed by atoms with Crippen molar-refractivity contribution in [2.24, 2.45) is 0 Å². The van der Waals surface area contributed by atoms with Crippen molar-refractivity contribution in [3.63, 3.8) is 0 Å². The van der Waals surface area contributed by atoms with Crippen molar-refractivity contribution in [1.29, 1.82) is 0 Å². The van der Waals surface area contributed by atoms with Crippen LogP contribution in [0.25, 0.3) is 0 Å². The van der Waals surface area contributed by atoms with E-state index in [1.807, 2.05) is 36.2 Å². The minimum Gasteiger partial charge on any atom is -0.494 e. The van der Waals surface area contributed by atoms with Gasteiger partial charge >= 0.3 is 0 Å². The van der Waals surface area contributed by atoms with Crippen LogP contribution < -0.4 is 4.74 Å².